The Morgan fingerprint density at radius 1 is 1.17 bits per heavy atom. The zero-order valence-corrected chi connectivity index (χ0v) is 18.4. The van der Waals surface area contributed by atoms with E-state index in [0.717, 1.165) is 50.2 Å². The van der Waals surface area contributed by atoms with Crippen molar-refractivity contribution in [2.24, 2.45) is 0 Å². The van der Waals surface area contributed by atoms with Gasteiger partial charge in [0, 0.05) is 31.8 Å². The van der Waals surface area contributed by atoms with E-state index in [1.807, 2.05) is 31.2 Å². The Balaban J connectivity index is 1.85. The largest absolute Gasteiger partial charge is 0.490 e. The number of hydrogen-bond donors (Lipinski definition) is 1. The molecule has 1 amide bonds. The van der Waals surface area contributed by atoms with Gasteiger partial charge in [0.15, 0.2) is 11.5 Å². The molecule has 29 heavy (non-hydrogen) atoms. The molecule has 1 aromatic rings. The van der Waals surface area contributed by atoms with E-state index < -0.39 is 0 Å². The fraction of sp³-hybridized carbons (Fsp3) is 0.542. The summed E-state index contributed by atoms with van der Waals surface area (Å²) < 4.78 is 11.4. The predicted molar refractivity (Wildman–Crippen MR) is 119 cm³/mol. The van der Waals surface area contributed by atoms with Crippen LogP contribution in [0.3, 0.4) is 0 Å². The molecule has 1 heterocycles. The first-order chi connectivity index (χ1) is 14.0. The van der Waals surface area contributed by atoms with E-state index >= 15 is 0 Å². The van der Waals surface area contributed by atoms with Gasteiger partial charge >= 0.3 is 0 Å². The van der Waals surface area contributed by atoms with Crippen LogP contribution in [-0.2, 0) is 4.79 Å². The molecule has 0 aromatic heterocycles. The van der Waals surface area contributed by atoms with Crippen LogP contribution in [0.25, 0.3) is 6.08 Å². The number of allylic oxidation sites excluding steroid dienone is 1. The Kier molecular flexibility index (Phi) is 9.78. The second-order valence-corrected chi connectivity index (χ2v) is 7.69. The summed E-state index contributed by atoms with van der Waals surface area (Å²) in [7, 11) is 0. The van der Waals surface area contributed by atoms with Crippen molar-refractivity contribution in [1.29, 1.82) is 0 Å². The summed E-state index contributed by atoms with van der Waals surface area (Å²) in [5.41, 5.74) is 2.27. The maximum atomic E-state index is 12.3. The third kappa shape index (κ3) is 8.32. The van der Waals surface area contributed by atoms with Crippen molar-refractivity contribution in [2.75, 3.05) is 32.8 Å². The summed E-state index contributed by atoms with van der Waals surface area (Å²) in [5.74, 6) is 1.42. The molecule has 1 saturated heterocycles. The van der Waals surface area contributed by atoms with E-state index in [9.17, 15) is 4.79 Å². The number of nitrogens with zero attached hydrogens (tertiary/aromatic N) is 1. The van der Waals surface area contributed by atoms with Crippen molar-refractivity contribution in [2.45, 2.75) is 53.0 Å². The lowest BCUT2D eigenvalue weighted by Crippen LogP contribution is -2.44. The van der Waals surface area contributed by atoms with Gasteiger partial charge in [-0.25, -0.2) is 0 Å². The predicted octanol–water partition coefficient (Wildman–Crippen LogP) is 4.43. The lowest BCUT2D eigenvalue weighted by molar-refractivity contribution is -0.117. The second kappa shape index (κ2) is 12.3. The van der Waals surface area contributed by atoms with Crippen molar-refractivity contribution in [3.05, 3.63) is 41.5 Å². The van der Waals surface area contributed by atoms with E-state index in [1.165, 1.54) is 5.57 Å². The molecule has 1 fully saturated rings. The number of nitrogens with one attached hydrogen (secondary N) is 1. The van der Waals surface area contributed by atoms with Crippen LogP contribution in [0.2, 0.25) is 0 Å². The normalized spacial score (nSPS) is 15.3. The molecule has 5 nitrogen and oxygen atoms in total. The first kappa shape index (κ1) is 23.0. The number of amides is 1. The van der Waals surface area contributed by atoms with E-state index in [-0.39, 0.29) is 11.9 Å². The average Bonchev–Trinajstić information content (AvgIpc) is 2.71. The van der Waals surface area contributed by atoms with Crippen molar-refractivity contribution in [1.82, 2.24) is 10.2 Å². The van der Waals surface area contributed by atoms with Gasteiger partial charge in [-0.3, -0.25) is 9.69 Å². The molecule has 5 heteroatoms. The van der Waals surface area contributed by atoms with Gasteiger partial charge in [-0.1, -0.05) is 24.6 Å². The molecule has 1 N–H and O–H groups in total. The molecule has 0 spiro atoms. The fourth-order valence-electron chi connectivity index (χ4n) is 3.22. The fourth-order valence-corrected chi connectivity index (χ4v) is 3.22. The summed E-state index contributed by atoms with van der Waals surface area (Å²) in [4.78, 5) is 14.8. The molecule has 0 atom stereocenters. The van der Waals surface area contributed by atoms with Crippen LogP contribution in [0.5, 0.6) is 11.5 Å². The number of carbonyl (C=O) groups excluding carboxylic acids is 1. The molecule has 1 aliphatic rings. The molecule has 1 aliphatic heterocycles. The zero-order chi connectivity index (χ0) is 21.1. The van der Waals surface area contributed by atoms with Crippen LogP contribution in [0, 0.1) is 0 Å². The van der Waals surface area contributed by atoms with Crippen LogP contribution >= 0.6 is 0 Å². The monoisotopic (exact) mass is 400 g/mol. The third-order valence-electron chi connectivity index (χ3n) is 4.85. The number of carbonyl (C=O) groups is 1. The molecule has 2 rings (SSSR count). The Morgan fingerprint density at radius 2 is 1.93 bits per heavy atom. The highest BCUT2D eigenvalue weighted by Crippen LogP contribution is 2.29. The second-order valence-electron chi connectivity index (χ2n) is 7.69. The Bertz CT molecular complexity index is 700. The van der Waals surface area contributed by atoms with E-state index in [1.54, 1.807) is 6.08 Å². The van der Waals surface area contributed by atoms with Gasteiger partial charge in [0.25, 0.3) is 0 Å². The highest BCUT2D eigenvalue weighted by Gasteiger charge is 2.19. The minimum Gasteiger partial charge on any atom is -0.490 e. The lowest BCUT2D eigenvalue weighted by atomic mass is 10.0. The highest BCUT2D eigenvalue weighted by molar-refractivity contribution is 5.92. The van der Waals surface area contributed by atoms with Gasteiger partial charge in [0.2, 0.25) is 5.91 Å². The zero-order valence-electron chi connectivity index (χ0n) is 18.4. The number of benzene rings is 1. The van der Waals surface area contributed by atoms with Gasteiger partial charge in [0.05, 0.1) is 13.2 Å². The van der Waals surface area contributed by atoms with Crippen LogP contribution in [-0.4, -0.2) is 49.7 Å². The number of ether oxygens (including phenoxy) is 2. The lowest BCUT2D eigenvalue weighted by Gasteiger charge is -2.31. The van der Waals surface area contributed by atoms with Crippen LogP contribution < -0.4 is 14.8 Å². The minimum absolute atomic E-state index is 0.0444. The smallest absolute Gasteiger partial charge is 0.244 e. The molecule has 160 valence electrons. The summed E-state index contributed by atoms with van der Waals surface area (Å²) in [5, 5.41) is 3.13. The van der Waals surface area contributed by atoms with E-state index in [4.69, 9.17) is 9.47 Å². The highest BCUT2D eigenvalue weighted by atomic mass is 16.5. The first-order valence-corrected chi connectivity index (χ1v) is 10.8. The third-order valence-corrected chi connectivity index (χ3v) is 4.85. The summed E-state index contributed by atoms with van der Waals surface area (Å²) >= 11 is 0. The molecule has 0 bridgehead atoms. The SMILES string of the molecule is CCCOc1ccc(/C=C/C(=O)NC2CCN(CC=C(C)C)CC2)cc1OCC. The topological polar surface area (TPSA) is 50.8 Å². The molecule has 0 unspecified atom stereocenters. The minimum atomic E-state index is -0.0444. The Hall–Kier alpha value is -2.27. The van der Waals surface area contributed by atoms with Crippen LogP contribution in [0.1, 0.15) is 52.5 Å². The van der Waals surface area contributed by atoms with E-state index in [0.29, 0.717) is 19.0 Å². The maximum Gasteiger partial charge on any atom is 0.244 e. The molecular weight excluding hydrogens is 364 g/mol. The van der Waals surface area contributed by atoms with Gasteiger partial charge < -0.3 is 14.8 Å². The number of likely N-dealkylation sites (tertiary alicyclic amines) is 1. The first-order valence-electron chi connectivity index (χ1n) is 10.8. The average molecular weight is 401 g/mol. The number of hydrogen-bond acceptors (Lipinski definition) is 4. The van der Waals surface area contributed by atoms with Crippen molar-refractivity contribution in [3.63, 3.8) is 0 Å². The molecule has 0 saturated carbocycles. The number of rotatable bonds is 10. The van der Waals surface area contributed by atoms with Gasteiger partial charge in [0.1, 0.15) is 0 Å². The molecular formula is C24H36N2O3. The van der Waals surface area contributed by atoms with Crippen LogP contribution in [0.4, 0.5) is 0 Å². The van der Waals surface area contributed by atoms with Crippen molar-refractivity contribution < 1.29 is 14.3 Å². The quantitative estimate of drug-likeness (QED) is 0.466. The van der Waals surface area contributed by atoms with Crippen LogP contribution in [0.15, 0.2) is 35.9 Å². The Morgan fingerprint density at radius 3 is 2.59 bits per heavy atom. The van der Waals surface area contributed by atoms with Gasteiger partial charge in [-0.15, -0.1) is 0 Å². The standard InChI is InChI=1S/C24H36N2O3/c1-5-17-29-22-9-7-20(18-23(22)28-6-2)8-10-24(27)25-21-12-15-26(16-13-21)14-11-19(3)4/h7-11,18,21H,5-6,12-17H2,1-4H3,(H,25,27)/b10-8+. The summed E-state index contributed by atoms with van der Waals surface area (Å²) in [6.07, 6.45) is 8.62. The summed E-state index contributed by atoms with van der Waals surface area (Å²) in [6, 6.07) is 6.01. The van der Waals surface area contributed by atoms with Gasteiger partial charge in [-0.05, 0) is 63.8 Å². The maximum absolute atomic E-state index is 12.3. The van der Waals surface area contributed by atoms with Gasteiger partial charge in [-0.2, -0.15) is 0 Å². The van der Waals surface area contributed by atoms with E-state index in [2.05, 4.69) is 37.1 Å². The van der Waals surface area contributed by atoms with Crippen molar-refractivity contribution in [3.8, 4) is 11.5 Å². The summed E-state index contributed by atoms with van der Waals surface area (Å²) in [6.45, 7) is 12.6. The molecule has 0 radical (unpaired) electrons. The molecule has 0 aliphatic carbocycles. The number of piperidine rings is 1. The molecule has 1 aromatic carbocycles. The Labute approximate surface area is 175 Å². The van der Waals surface area contributed by atoms with Crippen molar-refractivity contribution >= 4 is 12.0 Å².